The lowest BCUT2D eigenvalue weighted by molar-refractivity contribution is -0.274. The van der Waals surface area contributed by atoms with E-state index in [-0.39, 0.29) is 31.4 Å². The highest BCUT2D eigenvalue weighted by molar-refractivity contribution is 5.79. The number of morpholine rings is 1. The van der Waals surface area contributed by atoms with E-state index in [1.54, 1.807) is 35.5 Å². The van der Waals surface area contributed by atoms with E-state index in [4.69, 9.17) is 4.74 Å². The molecule has 6 nitrogen and oxygen atoms in total. The fraction of sp³-hybridized carbons (Fsp3) is 0.280. The Morgan fingerprint density at radius 2 is 1.91 bits per heavy atom. The van der Waals surface area contributed by atoms with E-state index >= 15 is 0 Å². The minimum absolute atomic E-state index is 0.00641. The van der Waals surface area contributed by atoms with Gasteiger partial charge in [-0.05, 0) is 24.6 Å². The largest absolute Gasteiger partial charge is 0.573 e. The van der Waals surface area contributed by atoms with E-state index in [0.717, 1.165) is 16.7 Å². The molecule has 1 atom stereocenters. The summed E-state index contributed by atoms with van der Waals surface area (Å²) in [7, 11) is 0. The number of nitrogens with one attached hydrogen (secondary N) is 1. The Kier molecular flexibility index (Phi) is 7.02. The third-order valence-electron chi connectivity index (χ3n) is 5.55. The number of hydrogen-bond acceptors (Lipinski definition) is 5. The molecule has 0 saturated carbocycles. The first-order chi connectivity index (χ1) is 16.3. The van der Waals surface area contributed by atoms with E-state index in [1.165, 1.54) is 12.1 Å². The normalized spacial score (nSPS) is 16.4. The highest BCUT2D eigenvalue weighted by atomic mass is 19.4. The number of rotatable bonds is 7. The molecule has 0 spiro atoms. The molecular weight excluding hydrogens is 447 g/mol. The second-order valence-electron chi connectivity index (χ2n) is 8.01. The van der Waals surface area contributed by atoms with Crippen LogP contribution in [-0.4, -0.2) is 35.4 Å². The molecule has 1 N–H and O–H groups in total. The average Bonchev–Trinajstić information content (AvgIpc) is 2.80. The van der Waals surface area contributed by atoms with Crippen LogP contribution < -0.4 is 10.1 Å². The van der Waals surface area contributed by atoms with Crippen molar-refractivity contribution in [2.45, 2.75) is 32.4 Å². The maximum absolute atomic E-state index is 12.8. The van der Waals surface area contributed by atoms with Gasteiger partial charge in [0.2, 0.25) is 5.91 Å². The van der Waals surface area contributed by atoms with Crippen LogP contribution in [0.4, 0.5) is 18.9 Å². The standard InChI is InChI=1S/C25H24F3N3O3/c1-17-6-8-18(9-7-17)14-31-22(15-33-16-24(31)32)20-13-29-11-10-21(20)30-12-19-4-2-3-5-23(19)34-25(26,27)28/h2-11,13,22H,12,14-16H2,1H3,(H,29,30). The first-order valence-corrected chi connectivity index (χ1v) is 10.7. The van der Waals surface area contributed by atoms with Gasteiger partial charge in [-0.25, -0.2) is 0 Å². The lowest BCUT2D eigenvalue weighted by Crippen LogP contribution is -2.43. The van der Waals surface area contributed by atoms with Crippen molar-refractivity contribution >= 4 is 11.6 Å². The summed E-state index contributed by atoms with van der Waals surface area (Å²) in [6.45, 7) is 2.77. The number of halogens is 3. The predicted octanol–water partition coefficient (Wildman–Crippen LogP) is 5.00. The monoisotopic (exact) mass is 471 g/mol. The maximum atomic E-state index is 12.8. The summed E-state index contributed by atoms with van der Waals surface area (Å²) in [6.07, 6.45) is -1.55. The van der Waals surface area contributed by atoms with Crippen LogP contribution in [0.3, 0.4) is 0 Å². The zero-order chi connectivity index (χ0) is 24.1. The maximum Gasteiger partial charge on any atom is 0.573 e. The van der Waals surface area contributed by atoms with E-state index in [0.29, 0.717) is 17.8 Å². The Hall–Kier alpha value is -3.59. The van der Waals surface area contributed by atoms with Crippen molar-refractivity contribution in [1.29, 1.82) is 0 Å². The molecule has 0 bridgehead atoms. The Morgan fingerprint density at radius 1 is 1.15 bits per heavy atom. The first-order valence-electron chi connectivity index (χ1n) is 10.7. The molecule has 4 rings (SSSR count). The molecule has 1 fully saturated rings. The van der Waals surface area contributed by atoms with Crippen LogP contribution in [0.15, 0.2) is 67.0 Å². The summed E-state index contributed by atoms with van der Waals surface area (Å²) < 4.78 is 48.0. The van der Waals surface area contributed by atoms with Crippen molar-refractivity contribution in [2.24, 2.45) is 0 Å². The number of nitrogens with zero attached hydrogens (tertiary/aromatic N) is 2. The number of alkyl halides is 3. The highest BCUT2D eigenvalue weighted by Crippen LogP contribution is 2.32. The molecule has 2 aromatic carbocycles. The van der Waals surface area contributed by atoms with E-state index in [1.807, 2.05) is 31.2 Å². The number of para-hydroxylation sites is 1. The molecule has 1 saturated heterocycles. The number of carbonyl (C=O) groups is 1. The second kappa shape index (κ2) is 10.1. The number of ether oxygens (including phenoxy) is 2. The van der Waals surface area contributed by atoms with E-state index in [2.05, 4.69) is 15.0 Å². The van der Waals surface area contributed by atoms with Gasteiger partial charge in [0.15, 0.2) is 0 Å². The van der Waals surface area contributed by atoms with Crippen molar-refractivity contribution in [3.63, 3.8) is 0 Å². The van der Waals surface area contributed by atoms with Crippen LogP contribution in [0.1, 0.15) is 28.3 Å². The number of amides is 1. The molecule has 1 amide bonds. The molecule has 178 valence electrons. The summed E-state index contributed by atoms with van der Waals surface area (Å²) in [5.74, 6) is -0.411. The van der Waals surface area contributed by atoms with Crippen molar-refractivity contribution in [3.8, 4) is 5.75 Å². The molecule has 1 unspecified atom stereocenters. The van der Waals surface area contributed by atoms with Gasteiger partial charge in [-0.1, -0.05) is 48.0 Å². The summed E-state index contributed by atoms with van der Waals surface area (Å²) in [4.78, 5) is 18.7. The van der Waals surface area contributed by atoms with Crippen LogP contribution in [-0.2, 0) is 22.6 Å². The molecule has 34 heavy (non-hydrogen) atoms. The molecule has 2 heterocycles. The molecular formula is C25H24F3N3O3. The van der Waals surface area contributed by atoms with Gasteiger partial charge in [-0.15, -0.1) is 13.2 Å². The Balaban J connectivity index is 1.56. The lowest BCUT2D eigenvalue weighted by atomic mass is 10.0. The third kappa shape index (κ3) is 5.85. The average molecular weight is 471 g/mol. The van der Waals surface area contributed by atoms with Gasteiger partial charge >= 0.3 is 6.36 Å². The van der Waals surface area contributed by atoms with Crippen molar-refractivity contribution in [2.75, 3.05) is 18.5 Å². The topological polar surface area (TPSA) is 63.7 Å². The quantitative estimate of drug-likeness (QED) is 0.526. The zero-order valence-electron chi connectivity index (χ0n) is 18.5. The van der Waals surface area contributed by atoms with Crippen LogP contribution in [0.5, 0.6) is 5.75 Å². The van der Waals surface area contributed by atoms with Crippen molar-refractivity contribution in [1.82, 2.24) is 9.88 Å². The van der Waals surface area contributed by atoms with Gasteiger partial charge in [0.05, 0.1) is 12.6 Å². The van der Waals surface area contributed by atoms with Crippen LogP contribution in [0.2, 0.25) is 0 Å². The first kappa shape index (κ1) is 23.6. The van der Waals surface area contributed by atoms with E-state index < -0.39 is 12.4 Å². The van der Waals surface area contributed by atoms with E-state index in [9.17, 15) is 18.0 Å². The number of anilines is 1. The minimum Gasteiger partial charge on any atom is -0.405 e. The summed E-state index contributed by atoms with van der Waals surface area (Å²) in [6, 6.07) is 15.2. The molecule has 1 aliphatic rings. The fourth-order valence-corrected chi connectivity index (χ4v) is 3.85. The van der Waals surface area contributed by atoms with Gasteiger partial charge < -0.3 is 19.7 Å². The summed E-state index contributed by atoms with van der Waals surface area (Å²) in [5, 5.41) is 3.18. The molecule has 0 aliphatic carbocycles. The van der Waals surface area contributed by atoms with Gasteiger partial charge in [-0.2, -0.15) is 0 Å². The van der Waals surface area contributed by atoms with Gasteiger partial charge in [0.25, 0.3) is 0 Å². The van der Waals surface area contributed by atoms with Crippen molar-refractivity contribution in [3.05, 3.63) is 89.2 Å². The predicted molar refractivity (Wildman–Crippen MR) is 120 cm³/mol. The Labute approximate surface area is 195 Å². The highest BCUT2D eigenvalue weighted by Gasteiger charge is 2.33. The fourth-order valence-electron chi connectivity index (χ4n) is 3.85. The molecule has 1 aromatic heterocycles. The molecule has 3 aromatic rings. The summed E-state index contributed by atoms with van der Waals surface area (Å²) >= 11 is 0. The number of pyridine rings is 1. The second-order valence-corrected chi connectivity index (χ2v) is 8.01. The number of hydrogen-bond donors (Lipinski definition) is 1. The van der Waals surface area contributed by atoms with Crippen molar-refractivity contribution < 1.29 is 27.4 Å². The van der Waals surface area contributed by atoms with Crippen LogP contribution in [0, 0.1) is 6.92 Å². The third-order valence-corrected chi connectivity index (χ3v) is 5.55. The summed E-state index contributed by atoms with van der Waals surface area (Å²) in [5.41, 5.74) is 3.82. The number of benzene rings is 2. The smallest absolute Gasteiger partial charge is 0.405 e. The minimum atomic E-state index is -4.78. The lowest BCUT2D eigenvalue weighted by Gasteiger charge is -2.36. The number of carbonyl (C=O) groups excluding carboxylic acids is 1. The van der Waals surface area contributed by atoms with Gasteiger partial charge in [-0.3, -0.25) is 9.78 Å². The van der Waals surface area contributed by atoms with Gasteiger partial charge in [0, 0.05) is 42.3 Å². The Bertz CT molecular complexity index is 1140. The SMILES string of the molecule is Cc1ccc(CN2C(=O)COCC2c2cnccc2NCc2ccccc2OC(F)(F)F)cc1. The number of aromatic nitrogens is 1. The molecule has 0 radical (unpaired) electrons. The number of aryl methyl sites for hydroxylation is 1. The molecule has 9 heteroatoms. The Morgan fingerprint density at radius 3 is 2.68 bits per heavy atom. The molecule has 1 aliphatic heterocycles. The zero-order valence-corrected chi connectivity index (χ0v) is 18.5. The van der Waals surface area contributed by atoms with Crippen LogP contribution >= 0.6 is 0 Å². The van der Waals surface area contributed by atoms with Gasteiger partial charge in [0.1, 0.15) is 12.4 Å². The van der Waals surface area contributed by atoms with Crippen LogP contribution in [0.25, 0.3) is 0 Å².